The standard InChI is InChI=1S/C25H26O5/c1-5-20(26)19-12-9-13-21(30-16-17-10-7-6-8-11-17)24(19)18-14-22(27-2)25(29-4)23(15-18)28-3/h6-15H,5,16H2,1-4H3. The third kappa shape index (κ3) is 4.40. The van der Waals surface area contributed by atoms with E-state index in [1.807, 2.05) is 67.6 Å². The minimum atomic E-state index is 0.0314. The molecule has 0 aliphatic carbocycles. The molecule has 0 spiro atoms. The predicted octanol–water partition coefficient (Wildman–Crippen LogP) is 5.55. The van der Waals surface area contributed by atoms with Crippen molar-refractivity contribution in [2.24, 2.45) is 0 Å². The number of methoxy groups -OCH3 is 3. The highest BCUT2D eigenvalue weighted by molar-refractivity contribution is 6.04. The van der Waals surface area contributed by atoms with Gasteiger partial charge in [0, 0.05) is 17.5 Å². The van der Waals surface area contributed by atoms with E-state index < -0.39 is 0 Å². The van der Waals surface area contributed by atoms with Gasteiger partial charge in [0.15, 0.2) is 17.3 Å². The van der Waals surface area contributed by atoms with Crippen LogP contribution in [-0.4, -0.2) is 27.1 Å². The smallest absolute Gasteiger partial charge is 0.203 e. The van der Waals surface area contributed by atoms with Crippen molar-refractivity contribution in [3.63, 3.8) is 0 Å². The molecule has 0 bridgehead atoms. The second-order valence-corrected chi connectivity index (χ2v) is 6.64. The first-order valence-corrected chi connectivity index (χ1v) is 9.76. The van der Waals surface area contributed by atoms with E-state index in [0.717, 1.165) is 11.1 Å². The number of ether oxygens (including phenoxy) is 4. The summed E-state index contributed by atoms with van der Waals surface area (Å²) in [6.07, 6.45) is 0.388. The summed E-state index contributed by atoms with van der Waals surface area (Å²) >= 11 is 0. The van der Waals surface area contributed by atoms with Crippen LogP contribution in [0.3, 0.4) is 0 Å². The van der Waals surface area contributed by atoms with Gasteiger partial charge in [0.25, 0.3) is 0 Å². The molecule has 30 heavy (non-hydrogen) atoms. The lowest BCUT2D eigenvalue weighted by Gasteiger charge is -2.18. The first-order valence-electron chi connectivity index (χ1n) is 9.76. The van der Waals surface area contributed by atoms with Crippen LogP contribution < -0.4 is 18.9 Å². The molecule has 3 rings (SSSR count). The van der Waals surface area contributed by atoms with Crippen molar-refractivity contribution >= 4 is 5.78 Å². The Hall–Kier alpha value is -3.47. The molecule has 0 aliphatic heterocycles. The van der Waals surface area contributed by atoms with Crippen molar-refractivity contribution in [1.29, 1.82) is 0 Å². The summed E-state index contributed by atoms with van der Waals surface area (Å²) in [5.74, 6) is 2.17. The van der Waals surface area contributed by atoms with E-state index in [0.29, 0.717) is 47.2 Å². The van der Waals surface area contributed by atoms with Crippen LogP contribution in [0, 0.1) is 0 Å². The van der Waals surface area contributed by atoms with E-state index in [2.05, 4.69) is 0 Å². The van der Waals surface area contributed by atoms with Gasteiger partial charge in [0.05, 0.1) is 21.3 Å². The van der Waals surface area contributed by atoms with Crippen molar-refractivity contribution < 1.29 is 23.7 Å². The maximum Gasteiger partial charge on any atom is 0.203 e. The number of benzene rings is 3. The van der Waals surface area contributed by atoms with Crippen molar-refractivity contribution in [2.45, 2.75) is 20.0 Å². The summed E-state index contributed by atoms with van der Waals surface area (Å²) in [5.41, 5.74) is 3.10. The summed E-state index contributed by atoms with van der Waals surface area (Å²) in [7, 11) is 4.69. The molecular weight excluding hydrogens is 380 g/mol. The zero-order valence-corrected chi connectivity index (χ0v) is 17.7. The zero-order chi connectivity index (χ0) is 21.5. The lowest BCUT2D eigenvalue weighted by atomic mass is 9.94. The van der Waals surface area contributed by atoms with Crippen molar-refractivity contribution in [1.82, 2.24) is 0 Å². The molecule has 0 fully saturated rings. The summed E-state index contributed by atoms with van der Waals surface area (Å²) in [5, 5.41) is 0. The summed E-state index contributed by atoms with van der Waals surface area (Å²) in [4.78, 5) is 12.7. The van der Waals surface area contributed by atoms with Gasteiger partial charge in [-0.05, 0) is 29.3 Å². The molecule has 156 valence electrons. The minimum absolute atomic E-state index is 0.0314. The van der Waals surface area contributed by atoms with Crippen LogP contribution in [0.25, 0.3) is 11.1 Å². The third-order valence-electron chi connectivity index (χ3n) is 4.84. The van der Waals surface area contributed by atoms with E-state index in [1.54, 1.807) is 21.3 Å². The quantitative estimate of drug-likeness (QED) is 0.436. The monoisotopic (exact) mass is 406 g/mol. The van der Waals surface area contributed by atoms with E-state index in [-0.39, 0.29) is 5.78 Å². The van der Waals surface area contributed by atoms with Crippen LogP contribution in [0.15, 0.2) is 60.7 Å². The number of carbonyl (C=O) groups is 1. The van der Waals surface area contributed by atoms with E-state index in [4.69, 9.17) is 18.9 Å². The molecular formula is C25H26O5. The van der Waals surface area contributed by atoms with Gasteiger partial charge >= 0.3 is 0 Å². The summed E-state index contributed by atoms with van der Waals surface area (Å²) < 4.78 is 22.6. The fourth-order valence-corrected chi connectivity index (χ4v) is 3.33. The number of hydrogen-bond donors (Lipinski definition) is 0. The highest BCUT2D eigenvalue weighted by Gasteiger charge is 2.21. The van der Waals surface area contributed by atoms with E-state index in [9.17, 15) is 4.79 Å². The molecule has 3 aromatic rings. The molecule has 0 saturated carbocycles. The van der Waals surface area contributed by atoms with Crippen LogP contribution in [0.4, 0.5) is 0 Å². The Labute approximate surface area is 177 Å². The Morgan fingerprint density at radius 2 is 1.47 bits per heavy atom. The molecule has 0 aromatic heterocycles. The number of rotatable bonds is 9. The van der Waals surface area contributed by atoms with Gasteiger partial charge in [-0.3, -0.25) is 4.79 Å². The van der Waals surface area contributed by atoms with Gasteiger partial charge in [0.1, 0.15) is 12.4 Å². The lowest BCUT2D eigenvalue weighted by Crippen LogP contribution is -2.04. The first kappa shape index (κ1) is 21.2. The van der Waals surface area contributed by atoms with Gasteiger partial charge in [-0.2, -0.15) is 0 Å². The molecule has 0 atom stereocenters. The number of carbonyl (C=O) groups excluding carboxylic acids is 1. The number of ketones is 1. The summed E-state index contributed by atoms with van der Waals surface area (Å²) in [6, 6.07) is 19.1. The van der Waals surface area contributed by atoms with Gasteiger partial charge in [-0.15, -0.1) is 0 Å². The van der Waals surface area contributed by atoms with Crippen LogP contribution in [0.1, 0.15) is 29.3 Å². The molecule has 3 aromatic carbocycles. The fourth-order valence-electron chi connectivity index (χ4n) is 3.33. The highest BCUT2D eigenvalue weighted by atomic mass is 16.5. The van der Waals surface area contributed by atoms with Gasteiger partial charge in [-0.25, -0.2) is 0 Å². The van der Waals surface area contributed by atoms with Crippen LogP contribution >= 0.6 is 0 Å². The molecule has 0 radical (unpaired) electrons. The Morgan fingerprint density at radius 1 is 0.800 bits per heavy atom. The van der Waals surface area contributed by atoms with Crippen molar-refractivity contribution in [2.75, 3.05) is 21.3 Å². The SMILES string of the molecule is CCC(=O)c1cccc(OCc2ccccc2)c1-c1cc(OC)c(OC)c(OC)c1. The number of hydrogen-bond acceptors (Lipinski definition) is 5. The second kappa shape index (κ2) is 9.83. The summed E-state index contributed by atoms with van der Waals surface area (Å²) in [6.45, 7) is 2.24. The Kier molecular flexibility index (Phi) is 6.96. The topological polar surface area (TPSA) is 54.0 Å². The van der Waals surface area contributed by atoms with E-state index in [1.165, 1.54) is 0 Å². The normalized spacial score (nSPS) is 10.4. The van der Waals surface area contributed by atoms with Gasteiger partial charge in [-0.1, -0.05) is 49.4 Å². The Bertz CT molecular complexity index is 986. The molecule has 0 saturated heterocycles. The highest BCUT2D eigenvalue weighted by Crippen LogP contribution is 2.44. The zero-order valence-electron chi connectivity index (χ0n) is 17.7. The van der Waals surface area contributed by atoms with Crippen molar-refractivity contribution in [3.8, 4) is 34.1 Å². The Morgan fingerprint density at radius 3 is 2.03 bits per heavy atom. The number of Topliss-reactive ketones (excluding diaryl/α,β-unsaturated/α-hetero) is 1. The molecule has 0 N–H and O–H groups in total. The van der Waals surface area contributed by atoms with Gasteiger partial charge < -0.3 is 18.9 Å². The van der Waals surface area contributed by atoms with Gasteiger partial charge in [0.2, 0.25) is 5.75 Å². The van der Waals surface area contributed by atoms with Crippen molar-refractivity contribution in [3.05, 3.63) is 71.8 Å². The molecule has 0 amide bonds. The Balaban J connectivity index is 2.15. The molecule has 5 heteroatoms. The average molecular weight is 406 g/mol. The van der Waals surface area contributed by atoms with Crippen LogP contribution in [0.2, 0.25) is 0 Å². The molecule has 5 nitrogen and oxygen atoms in total. The first-order chi connectivity index (χ1) is 14.6. The lowest BCUT2D eigenvalue weighted by molar-refractivity contribution is 0.0988. The fraction of sp³-hybridized carbons (Fsp3) is 0.240. The van der Waals surface area contributed by atoms with Crippen LogP contribution in [0.5, 0.6) is 23.0 Å². The molecule has 0 aliphatic rings. The second-order valence-electron chi connectivity index (χ2n) is 6.64. The third-order valence-corrected chi connectivity index (χ3v) is 4.84. The maximum absolute atomic E-state index is 12.7. The largest absolute Gasteiger partial charge is 0.493 e. The predicted molar refractivity (Wildman–Crippen MR) is 117 cm³/mol. The minimum Gasteiger partial charge on any atom is -0.493 e. The molecule has 0 heterocycles. The van der Waals surface area contributed by atoms with E-state index >= 15 is 0 Å². The van der Waals surface area contributed by atoms with Crippen LogP contribution in [-0.2, 0) is 6.61 Å². The average Bonchev–Trinajstić information content (AvgIpc) is 2.81. The maximum atomic E-state index is 12.7. The molecule has 0 unspecified atom stereocenters.